The van der Waals surface area contributed by atoms with Gasteiger partial charge in [0.1, 0.15) is 0 Å². The molecule has 1 aliphatic carbocycles. The fraction of sp³-hybridized carbons (Fsp3) is 0.350. The fourth-order valence-corrected chi connectivity index (χ4v) is 2.81. The highest BCUT2D eigenvalue weighted by molar-refractivity contribution is 6.32. The topological polar surface area (TPSA) is 55.8 Å². The van der Waals surface area contributed by atoms with Crippen molar-refractivity contribution < 1.29 is 28.2 Å². The summed E-state index contributed by atoms with van der Waals surface area (Å²) < 4.78 is 39.1. The van der Waals surface area contributed by atoms with Gasteiger partial charge in [-0.1, -0.05) is 17.7 Å². The molecule has 0 aliphatic heterocycles. The number of hydrogen-bond acceptors (Lipinski definition) is 3. The molecule has 0 saturated heterocycles. The van der Waals surface area contributed by atoms with Gasteiger partial charge in [-0.25, -0.2) is 8.78 Å². The van der Waals surface area contributed by atoms with Gasteiger partial charge in [-0.05, 0) is 60.6 Å². The lowest BCUT2D eigenvalue weighted by molar-refractivity contribution is -0.137. The summed E-state index contributed by atoms with van der Waals surface area (Å²) in [7, 11) is 0. The summed E-state index contributed by atoms with van der Waals surface area (Å²) in [4.78, 5) is 10.5. The lowest BCUT2D eigenvalue weighted by Gasteiger charge is -2.12. The molecular formula is C20H19ClF2O4. The Kier molecular flexibility index (Phi) is 6.16. The fourth-order valence-electron chi connectivity index (χ4n) is 2.55. The molecule has 2 aromatic rings. The van der Waals surface area contributed by atoms with E-state index in [1.165, 1.54) is 30.3 Å². The van der Waals surface area contributed by atoms with Crippen LogP contribution >= 0.6 is 11.6 Å². The van der Waals surface area contributed by atoms with Crippen LogP contribution in [0.15, 0.2) is 30.3 Å². The molecule has 4 nitrogen and oxygen atoms in total. The van der Waals surface area contributed by atoms with E-state index in [1.54, 1.807) is 0 Å². The van der Waals surface area contributed by atoms with Crippen LogP contribution in [0.2, 0.25) is 5.02 Å². The molecule has 0 atom stereocenters. The summed E-state index contributed by atoms with van der Waals surface area (Å²) in [6.45, 7) is 0.511. The van der Waals surface area contributed by atoms with Crippen LogP contribution in [0, 0.1) is 17.6 Å². The highest BCUT2D eigenvalue weighted by Crippen LogP contribution is 2.36. The number of rotatable bonds is 9. The first kappa shape index (κ1) is 19.4. The Morgan fingerprint density at radius 3 is 2.56 bits per heavy atom. The van der Waals surface area contributed by atoms with Gasteiger partial charge < -0.3 is 14.6 Å². The van der Waals surface area contributed by atoms with E-state index in [0.717, 1.165) is 12.8 Å². The molecule has 0 heterocycles. The Bertz CT molecular complexity index is 814. The average molecular weight is 397 g/mol. The zero-order valence-corrected chi connectivity index (χ0v) is 15.3. The molecule has 0 bridgehead atoms. The largest absolute Gasteiger partial charge is 0.490 e. The summed E-state index contributed by atoms with van der Waals surface area (Å²) in [6.07, 6.45) is 2.36. The van der Waals surface area contributed by atoms with Gasteiger partial charge in [-0.3, -0.25) is 4.79 Å². The van der Waals surface area contributed by atoms with Gasteiger partial charge in [0, 0.05) is 6.42 Å². The minimum Gasteiger partial charge on any atom is -0.490 e. The summed E-state index contributed by atoms with van der Waals surface area (Å²) in [5, 5.41) is 8.66. The third-order valence-electron chi connectivity index (χ3n) is 4.22. The molecule has 1 N–H and O–H groups in total. The molecular weight excluding hydrogens is 378 g/mol. The van der Waals surface area contributed by atoms with Crippen LogP contribution in [-0.2, 0) is 4.79 Å². The second-order valence-electron chi connectivity index (χ2n) is 6.51. The Hall–Kier alpha value is -2.34. The van der Waals surface area contributed by atoms with Crippen LogP contribution in [0.3, 0.4) is 0 Å². The van der Waals surface area contributed by atoms with Crippen molar-refractivity contribution in [1.82, 2.24) is 0 Å². The zero-order chi connectivity index (χ0) is 19.4. The van der Waals surface area contributed by atoms with E-state index in [1.807, 2.05) is 0 Å². The first-order valence-corrected chi connectivity index (χ1v) is 9.08. The number of hydrogen-bond donors (Lipinski definition) is 1. The number of carboxylic acids is 1. The van der Waals surface area contributed by atoms with Gasteiger partial charge in [0.25, 0.3) is 0 Å². The van der Waals surface area contributed by atoms with E-state index < -0.39 is 17.6 Å². The molecule has 144 valence electrons. The van der Waals surface area contributed by atoms with Crippen molar-refractivity contribution in [3.05, 3.63) is 47.0 Å². The Morgan fingerprint density at radius 2 is 1.89 bits per heavy atom. The number of carbonyl (C=O) groups is 1. The maximum absolute atomic E-state index is 14.4. The van der Waals surface area contributed by atoms with Gasteiger partial charge >= 0.3 is 5.97 Å². The SMILES string of the molecule is O=C(O)CCCOc1c(F)cc(-c2ccc(F)c(OCC3CC3)c2)cc1Cl. The van der Waals surface area contributed by atoms with Crippen molar-refractivity contribution in [3.63, 3.8) is 0 Å². The van der Waals surface area contributed by atoms with Crippen molar-refractivity contribution in [2.75, 3.05) is 13.2 Å². The lowest BCUT2D eigenvalue weighted by Crippen LogP contribution is -2.04. The van der Waals surface area contributed by atoms with Crippen LogP contribution in [-0.4, -0.2) is 24.3 Å². The highest BCUT2D eigenvalue weighted by atomic mass is 35.5. The first-order chi connectivity index (χ1) is 12.9. The summed E-state index contributed by atoms with van der Waals surface area (Å²) in [5.41, 5.74) is 1.03. The van der Waals surface area contributed by atoms with Crippen LogP contribution in [0.1, 0.15) is 25.7 Å². The van der Waals surface area contributed by atoms with E-state index in [2.05, 4.69) is 0 Å². The number of ether oxygens (including phenoxy) is 2. The Balaban J connectivity index is 1.74. The highest BCUT2D eigenvalue weighted by Gasteiger charge is 2.22. The van der Waals surface area contributed by atoms with Crippen molar-refractivity contribution in [2.45, 2.75) is 25.7 Å². The molecule has 2 aromatic carbocycles. The summed E-state index contributed by atoms with van der Waals surface area (Å²) in [5.74, 6) is -1.60. The number of aliphatic carboxylic acids is 1. The minimum atomic E-state index is -0.948. The van der Waals surface area contributed by atoms with Gasteiger partial charge in [0.05, 0.1) is 18.2 Å². The lowest BCUT2D eigenvalue weighted by atomic mass is 10.0. The molecule has 0 radical (unpaired) electrons. The monoisotopic (exact) mass is 396 g/mol. The number of halogens is 3. The van der Waals surface area contributed by atoms with E-state index >= 15 is 0 Å². The second-order valence-corrected chi connectivity index (χ2v) is 6.92. The predicted octanol–water partition coefficient (Wildman–Crippen LogP) is 5.32. The quantitative estimate of drug-likeness (QED) is 0.583. The number of carboxylic acid groups (broad SMARTS) is 1. The van der Waals surface area contributed by atoms with Gasteiger partial charge in [0.2, 0.25) is 0 Å². The molecule has 3 rings (SSSR count). The van der Waals surface area contributed by atoms with E-state index in [0.29, 0.717) is 23.7 Å². The van der Waals surface area contributed by atoms with Crippen molar-refractivity contribution >= 4 is 17.6 Å². The second kappa shape index (κ2) is 8.57. The zero-order valence-electron chi connectivity index (χ0n) is 14.5. The third-order valence-corrected chi connectivity index (χ3v) is 4.50. The molecule has 0 amide bonds. The van der Waals surface area contributed by atoms with Gasteiger partial charge in [-0.2, -0.15) is 0 Å². The third kappa shape index (κ3) is 5.32. The average Bonchev–Trinajstić information content (AvgIpc) is 3.43. The smallest absolute Gasteiger partial charge is 0.303 e. The van der Waals surface area contributed by atoms with Crippen molar-refractivity contribution in [2.24, 2.45) is 5.92 Å². The molecule has 1 fully saturated rings. The Labute approximate surface area is 160 Å². The molecule has 7 heteroatoms. The summed E-state index contributed by atoms with van der Waals surface area (Å²) in [6, 6.07) is 7.10. The summed E-state index contributed by atoms with van der Waals surface area (Å²) >= 11 is 6.12. The molecule has 27 heavy (non-hydrogen) atoms. The molecule has 0 spiro atoms. The molecule has 1 saturated carbocycles. The van der Waals surface area contributed by atoms with E-state index in [-0.39, 0.29) is 36.0 Å². The predicted molar refractivity (Wildman–Crippen MR) is 97.4 cm³/mol. The maximum atomic E-state index is 14.4. The van der Waals surface area contributed by atoms with Crippen LogP contribution in [0.4, 0.5) is 8.78 Å². The van der Waals surface area contributed by atoms with Crippen LogP contribution in [0.5, 0.6) is 11.5 Å². The molecule has 0 unspecified atom stereocenters. The van der Waals surface area contributed by atoms with Gasteiger partial charge in [0.15, 0.2) is 23.1 Å². The normalized spacial score (nSPS) is 13.4. The van der Waals surface area contributed by atoms with Crippen molar-refractivity contribution in [1.29, 1.82) is 0 Å². The van der Waals surface area contributed by atoms with Crippen LogP contribution < -0.4 is 9.47 Å². The van der Waals surface area contributed by atoms with E-state index in [9.17, 15) is 13.6 Å². The van der Waals surface area contributed by atoms with Crippen LogP contribution in [0.25, 0.3) is 11.1 Å². The number of benzene rings is 2. The van der Waals surface area contributed by atoms with Crippen molar-refractivity contribution in [3.8, 4) is 22.6 Å². The standard InChI is InChI=1S/C20H19ClF2O4/c21-15-8-14(9-17(23)20(15)26-7-1-2-19(24)25)13-5-6-16(22)18(10-13)27-11-12-3-4-12/h5-6,8-10,12H,1-4,7,11H2,(H,24,25). The Morgan fingerprint density at radius 1 is 1.11 bits per heavy atom. The minimum absolute atomic E-state index is 0.0397. The van der Waals surface area contributed by atoms with E-state index in [4.69, 9.17) is 26.2 Å². The molecule has 0 aromatic heterocycles. The molecule has 1 aliphatic rings. The first-order valence-electron chi connectivity index (χ1n) is 8.70. The maximum Gasteiger partial charge on any atom is 0.303 e. The van der Waals surface area contributed by atoms with Gasteiger partial charge in [-0.15, -0.1) is 0 Å².